The van der Waals surface area contributed by atoms with E-state index in [9.17, 15) is 14.0 Å². The number of nitrogens with zero attached hydrogens (tertiary/aromatic N) is 3. The predicted molar refractivity (Wildman–Crippen MR) is 162 cm³/mol. The summed E-state index contributed by atoms with van der Waals surface area (Å²) in [6, 6.07) is 14.4. The van der Waals surface area contributed by atoms with Crippen molar-refractivity contribution < 1.29 is 28.2 Å². The third-order valence-corrected chi connectivity index (χ3v) is 9.07. The van der Waals surface area contributed by atoms with E-state index in [1.807, 2.05) is 34.1 Å². The van der Waals surface area contributed by atoms with Crippen LogP contribution in [0.4, 0.5) is 14.0 Å². The van der Waals surface area contributed by atoms with Gasteiger partial charge < -0.3 is 24.0 Å². The lowest BCUT2D eigenvalue weighted by Crippen LogP contribution is -2.53. The molecule has 234 valence electrons. The number of hydrogen-bond acceptors (Lipinski definition) is 6. The molecular formula is C34H46FN3O5. The molecule has 0 bridgehead atoms. The van der Waals surface area contributed by atoms with Crippen molar-refractivity contribution in [2.24, 2.45) is 11.8 Å². The smallest absolute Gasteiger partial charge is 0.411 e. The molecule has 3 aliphatic rings. The number of hydrogen-bond donors (Lipinski definition) is 0. The van der Waals surface area contributed by atoms with E-state index in [-0.39, 0.29) is 30.1 Å². The lowest BCUT2D eigenvalue weighted by molar-refractivity contribution is -0.0221. The normalized spacial score (nSPS) is 22.1. The minimum atomic E-state index is -0.607. The Morgan fingerprint density at radius 3 is 2.23 bits per heavy atom. The van der Waals surface area contributed by atoms with Crippen molar-refractivity contribution in [2.45, 2.75) is 77.6 Å². The molecule has 0 radical (unpaired) electrons. The van der Waals surface area contributed by atoms with Gasteiger partial charge in [-0.15, -0.1) is 0 Å². The fourth-order valence-corrected chi connectivity index (χ4v) is 6.51. The van der Waals surface area contributed by atoms with E-state index in [0.29, 0.717) is 44.6 Å². The highest BCUT2D eigenvalue weighted by atomic mass is 19.1. The summed E-state index contributed by atoms with van der Waals surface area (Å²) in [5.74, 6) is 1.34. The van der Waals surface area contributed by atoms with Crippen LogP contribution in [0.15, 0.2) is 48.5 Å². The van der Waals surface area contributed by atoms with Crippen molar-refractivity contribution in [3.63, 3.8) is 0 Å². The Morgan fingerprint density at radius 1 is 0.907 bits per heavy atom. The summed E-state index contributed by atoms with van der Waals surface area (Å²) in [5, 5.41) is 0. The zero-order valence-electron chi connectivity index (χ0n) is 26.0. The average molecular weight is 596 g/mol. The molecule has 2 aromatic carbocycles. The number of piperidine rings is 1. The second-order valence-corrected chi connectivity index (χ2v) is 13.0. The first kappa shape index (κ1) is 31.1. The van der Waals surface area contributed by atoms with Gasteiger partial charge in [-0.1, -0.05) is 52.0 Å². The Labute approximate surface area is 255 Å². The molecule has 2 amide bonds. The highest BCUT2D eigenvalue weighted by Crippen LogP contribution is 2.41. The summed E-state index contributed by atoms with van der Waals surface area (Å²) in [6.45, 7) is 13.2. The van der Waals surface area contributed by atoms with Crippen LogP contribution in [-0.4, -0.2) is 84.0 Å². The largest absolute Gasteiger partial charge is 0.493 e. The highest BCUT2D eigenvalue weighted by molar-refractivity contribution is 5.72. The van der Waals surface area contributed by atoms with Crippen molar-refractivity contribution >= 4 is 12.2 Å². The molecule has 2 unspecified atom stereocenters. The van der Waals surface area contributed by atoms with Crippen molar-refractivity contribution in [3.8, 4) is 5.75 Å². The third kappa shape index (κ3) is 7.43. The maximum absolute atomic E-state index is 13.7. The number of cyclic esters (lactones) is 1. The molecule has 3 aliphatic heterocycles. The summed E-state index contributed by atoms with van der Waals surface area (Å²) in [6.07, 6.45) is 2.40. The number of ether oxygens (including phenoxy) is 3. The topological polar surface area (TPSA) is 71.5 Å². The first-order chi connectivity index (χ1) is 20.6. The van der Waals surface area contributed by atoms with Gasteiger partial charge in [0.2, 0.25) is 0 Å². The number of likely N-dealkylation sites (tertiary alicyclic amines) is 1. The molecule has 0 N–H and O–H groups in total. The fraction of sp³-hybridized carbons (Fsp3) is 0.588. The molecule has 3 saturated heterocycles. The van der Waals surface area contributed by atoms with E-state index in [1.165, 1.54) is 12.1 Å². The van der Waals surface area contributed by atoms with Gasteiger partial charge in [0.05, 0.1) is 18.7 Å². The fourth-order valence-electron chi connectivity index (χ4n) is 6.51. The van der Waals surface area contributed by atoms with Crippen LogP contribution in [-0.2, 0) is 22.4 Å². The first-order valence-corrected chi connectivity index (χ1v) is 15.7. The summed E-state index contributed by atoms with van der Waals surface area (Å²) in [4.78, 5) is 31.8. The number of carbonyl (C=O) groups is 2. The molecule has 0 saturated carbocycles. The lowest BCUT2D eigenvalue weighted by Gasteiger charge is -2.42. The minimum absolute atomic E-state index is 0.136. The molecule has 2 atom stereocenters. The molecule has 8 nitrogen and oxygen atoms in total. The van der Waals surface area contributed by atoms with E-state index in [2.05, 4.69) is 32.6 Å². The van der Waals surface area contributed by atoms with Gasteiger partial charge in [-0.25, -0.2) is 14.0 Å². The quantitative estimate of drug-likeness (QED) is 0.294. The van der Waals surface area contributed by atoms with E-state index in [4.69, 9.17) is 14.2 Å². The van der Waals surface area contributed by atoms with Gasteiger partial charge in [0.15, 0.2) is 0 Å². The second-order valence-electron chi connectivity index (χ2n) is 13.0. The number of amides is 2. The number of halogens is 1. The van der Waals surface area contributed by atoms with Gasteiger partial charge in [0.25, 0.3) is 0 Å². The Hall–Kier alpha value is -3.33. The summed E-state index contributed by atoms with van der Waals surface area (Å²) in [7, 11) is 0. The van der Waals surface area contributed by atoms with Gasteiger partial charge in [0, 0.05) is 39.0 Å². The second kappa shape index (κ2) is 13.5. The first-order valence-electron chi connectivity index (χ1n) is 15.7. The van der Waals surface area contributed by atoms with E-state index in [1.54, 1.807) is 12.1 Å². The van der Waals surface area contributed by atoms with Gasteiger partial charge in [0.1, 0.15) is 23.8 Å². The molecule has 1 spiro atoms. The maximum atomic E-state index is 13.7. The van der Waals surface area contributed by atoms with Crippen molar-refractivity contribution in [1.82, 2.24) is 14.7 Å². The number of carbonyl (C=O) groups excluding carboxylic acids is 2. The van der Waals surface area contributed by atoms with Crippen LogP contribution in [0.5, 0.6) is 5.75 Å². The standard InChI is InChI=1S/C34H46FN3O5/c1-24(2)22-41-29-12-8-27(9-13-29)21-38-31(20-26-6-10-28(35)11-7-26)34(43-33(38)40)14-18-36(19-15-34)16-5-17-37-30(25(3)4)23-42-32(37)39/h6-13,24-25,30-31H,5,14-23H2,1-4H3. The Balaban J connectivity index is 1.24. The number of benzene rings is 2. The van der Waals surface area contributed by atoms with Gasteiger partial charge in [-0.05, 0) is 66.6 Å². The van der Waals surface area contributed by atoms with Crippen LogP contribution in [0.2, 0.25) is 0 Å². The van der Waals surface area contributed by atoms with E-state index in [0.717, 1.165) is 55.8 Å². The molecule has 3 heterocycles. The molecule has 43 heavy (non-hydrogen) atoms. The van der Waals surface area contributed by atoms with Crippen molar-refractivity contribution in [1.29, 1.82) is 0 Å². The van der Waals surface area contributed by atoms with Crippen LogP contribution in [0.25, 0.3) is 0 Å². The van der Waals surface area contributed by atoms with Crippen molar-refractivity contribution in [2.75, 3.05) is 39.4 Å². The van der Waals surface area contributed by atoms with Crippen molar-refractivity contribution in [3.05, 3.63) is 65.5 Å². The zero-order chi connectivity index (χ0) is 30.6. The monoisotopic (exact) mass is 595 g/mol. The maximum Gasteiger partial charge on any atom is 0.411 e. The van der Waals surface area contributed by atoms with Gasteiger partial charge in [-0.3, -0.25) is 4.90 Å². The Kier molecular flexibility index (Phi) is 9.79. The Bertz CT molecular complexity index is 1230. The van der Waals surface area contributed by atoms with Gasteiger partial charge >= 0.3 is 12.2 Å². The molecule has 3 fully saturated rings. The SMILES string of the molecule is CC(C)COc1ccc(CN2C(=O)OC3(CCN(CCCN4C(=O)OCC4C(C)C)CC3)C2Cc2ccc(F)cc2)cc1. The van der Waals surface area contributed by atoms with Gasteiger partial charge in [-0.2, -0.15) is 0 Å². The van der Waals surface area contributed by atoms with Crippen LogP contribution < -0.4 is 4.74 Å². The zero-order valence-corrected chi connectivity index (χ0v) is 26.0. The molecular weight excluding hydrogens is 549 g/mol. The van der Waals surface area contributed by atoms with Crippen LogP contribution in [0.1, 0.15) is 58.1 Å². The van der Waals surface area contributed by atoms with Crippen LogP contribution in [0, 0.1) is 17.7 Å². The number of rotatable bonds is 12. The Morgan fingerprint density at radius 2 is 1.58 bits per heavy atom. The highest BCUT2D eigenvalue weighted by Gasteiger charge is 2.54. The third-order valence-electron chi connectivity index (χ3n) is 9.07. The average Bonchev–Trinajstić information content (AvgIpc) is 3.47. The lowest BCUT2D eigenvalue weighted by atomic mass is 9.81. The summed E-state index contributed by atoms with van der Waals surface area (Å²) < 4.78 is 31.1. The van der Waals surface area contributed by atoms with E-state index < -0.39 is 5.60 Å². The van der Waals surface area contributed by atoms with Crippen LogP contribution >= 0.6 is 0 Å². The molecule has 0 aromatic heterocycles. The molecule has 0 aliphatic carbocycles. The van der Waals surface area contributed by atoms with Crippen LogP contribution in [0.3, 0.4) is 0 Å². The van der Waals surface area contributed by atoms with E-state index >= 15 is 0 Å². The minimum Gasteiger partial charge on any atom is -0.493 e. The molecule has 2 aromatic rings. The molecule has 9 heteroatoms. The molecule has 5 rings (SSSR count). The summed E-state index contributed by atoms with van der Waals surface area (Å²) >= 11 is 0. The summed E-state index contributed by atoms with van der Waals surface area (Å²) in [5.41, 5.74) is 1.38. The predicted octanol–water partition coefficient (Wildman–Crippen LogP) is 6.13.